The number of hydrogen-bond acceptors (Lipinski definition) is 4. The van der Waals surface area contributed by atoms with E-state index in [2.05, 4.69) is 15.5 Å². The second-order valence-corrected chi connectivity index (χ2v) is 8.44. The number of aryl methyl sites for hydroxylation is 1. The molecule has 0 amide bonds. The highest BCUT2D eigenvalue weighted by atomic mass is 32.2. The highest BCUT2D eigenvalue weighted by Crippen LogP contribution is 2.25. The van der Waals surface area contributed by atoms with Crippen molar-refractivity contribution in [2.24, 2.45) is 0 Å². The summed E-state index contributed by atoms with van der Waals surface area (Å²) in [5, 5.41) is 6.68. The van der Waals surface area contributed by atoms with Crippen molar-refractivity contribution < 1.29 is 8.42 Å². The maximum absolute atomic E-state index is 12.3. The highest BCUT2D eigenvalue weighted by Gasteiger charge is 2.19. The number of anilines is 1. The van der Waals surface area contributed by atoms with Gasteiger partial charge in [-0.1, -0.05) is 0 Å². The summed E-state index contributed by atoms with van der Waals surface area (Å²) >= 11 is 5.28. The molecule has 0 radical (unpaired) electrons. The molecule has 0 saturated carbocycles. The molecule has 6 nitrogen and oxygen atoms in total. The van der Waals surface area contributed by atoms with E-state index in [0.29, 0.717) is 17.3 Å². The molecule has 0 heterocycles. The minimum Gasteiger partial charge on any atom is -0.361 e. The molecule has 0 fully saturated rings. The van der Waals surface area contributed by atoms with E-state index in [1.54, 1.807) is 12.1 Å². The molecule has 0 unspecified atom stereocenters. The number of thiocarbonyl (C=S) groups is 1. The van der Waals surface area contributed by atoms with E-state index >= 15 is 0 Å². The molecule has 23 heavy (non-hydrogen) atoms. The lowest BCUT2D eigenvalue weighted by Crippen LogP contribution is -2.34. The second-order valence-electron chi connectivity index (χ2n) is 5.88. The summed E-state index contributed by atoms with van der Waals surface area (Å²) in [6.07, 6.45) is 0. The Labute approximate surface area is 144 Å². The molecule has 2 N–H and O–H groups in total. The predicted molar refractivity (Wildman–Crippen MR) is 99.6 cm³/mol. The van der Waals surface area contributed by atoms with Crippen LogP contribution < -0.4 is 10.6 Å². The summed E-state index contributed by atoms with van der Waals surface area (Å²) in [6, 6.07) is 3.30. The SMILES string of the molecule is Cc1cc(S(=O)(=O)N(C)C)cc(NC(=S)NCCN(C)C)c1C. The average molecular weight is 359 g/mol. The number of nitrogens with zero attached hydrogens (tertiary/aromatic N) is 2. The zero-order valence-electron chi connectivity index (χ0n) is 14.6. The summed E-state index contributed by atoms with van der Waals surface area (Å²) in [6.45, 7) is 5.39. The van der Waals surface area contributed by atoms with E-state index in [-0.39, 0.29) is 4.90 Å². The Morgan fingerprint density at radius 3 is 2.30 bits per heavy atom. The quantitative estimate of drug-likeness (QED) is 0.750. The van der Waals surface area contributed by atoms with E-state index < -0.39 is 10.0 Å². The van der Waals surface area contributed by atoms with Crippen molar-refractivity contribution in [2.75, 3.05) is 46.6 Å². The van der Waals surface area contributed by atoms with Crippen LogP contribution in [0.2, 0.25) is 0 Å². The first kappa shape index (κ1) is 19.8. The van der Waals surface area contributed by atoms with Gasteiger partial charge < -0.3 is 15.5 Å². The fraction of sp³-hybridized carbons (Fsp3) is 0.533. The van der Waals surface area contributed by atoms with Crippen molar-refractivity contribution >= 4 is 33.0 Å². The van der Waals surface area contributed by atoms with Gasteiger partial charge >= 0.3 is 0 Å². The lowest BCUT2D eigenvalue weighted by Gasteiger charge is -2.18. The molecule has 0 bridgehead atoms. The third kappa shape index (κ3) is 5.42. The van der Waals surface area contributed by atoms with Crippen LogP contribution >= 0.6 is 12.2 Å². The largest absolute Gasteiger partial charge is 0.361 e. The van der Waals surface area contributed by atoms with Gasteiger partial charge in [0.05, 0.1) is 4.90 Å². The van der Waals surface area contributed by atoms with Gasteiger partial charge in [0, 0.05) is 32.9 Å². The van der Waals surface area contributed by atoms with Crippen molar-refractivity contribution in [1.29, 1.82) is 0 Å². The Hall–Kier alpha value is -1.22. The molecule has 0 aromatic heterocycles. The van der Waals surface area contributed by atoms with Crippen molar-refractivity contribution in [3.05, 3.63) is 23.3 Å². The number of benzene rings is 1. The molecular weight excluding hydrogens is 332 g/mol. The maximum Gasteiger partial charge on any atom is 0.242 e. The molecule has 0 aliphatic carbocycles. The fourth-order valence-corrected chi connectivity index (χ4v) is 3.10. The van der Waals surface area contributed by atoms with Crippen LogP contribution in [0.3, 0.4) is 0 Å². The topological polar surface area (TPSA) is 64.7 Å². The fourth-order valence-electron chi connectivity index (χ4n) is 1.88. The number of likely N-dealkylation sites (N-methyl/N-ethyl adjacent to an activating group) is 1. The van der Waals surface area contributed by atoms with E-state index in [9.17, 15) is 8.42 Å². The maximum atomic E-state index is 12.3. The van der Waals surface area contributed by atoms with Gasteiger partial charge in [-0.15, -0.1) is 0 Å². The summed E-state index contributed by atoms with van der Waals surface area (Å²) in [7, 11) is 3.53. The summed E-state index contributed by atoms with van der Waals surface area (Å²) in [4.78, 5) is 2.30. The zero-order chi connectivity index (χ0) is 17.8. The molecule has 0 aliphatic rings. The first-order chi connectivity index (χ1) is 10.6. The third-order valence-corrected chi connectivity index (χ3v) is 5.55. The van der Waals surface area contributed by atoms with Gasteiger partial charge in [-0.2, -0.15) is 0 Å². The van der Waals surface area contributed by atoms with Crippen molar-refractivity contribution in [2.45, 2.75) is 18.7 Å². The van der Waals surface area contributed by atoms with Gasteiger partial charge in [0.2, 0.25) is 10.0 Å². The molecule has 0 saturated heterocycles. The van der Waals surface area contributed by atoms with E-state index in [1.165, 1.54) is 18.4 Å². The third-order valence-electron chi connectivity index (χ3n) is 3.51. The Kier molecular flexibility index (Phi) is 6.94. The van der Waals surface area contributed by atoms with Crippen molar-refractivity contribution in [3.63, 3.8) is 0 Å². The van der Waals surface area contributed by atoms with Crippen LogP contribution in [0.15, 0.2) is 17.0 Å². The molecule has 1 rings (SSSR count). The number of sulfonamides is 1. The first-order valence-corrected chi connectivity index (χ1v) is 9.14. The summed E-state index contributed by atoms with van der Waals surface area (Å²) in [5.74, 6) is 0. The zero-order valence-corrected chi connectivity index (χ0v) is 16.2. The second kappa shape index (κ2) is 8.05. The van der Waals surface area contributed by atoms with Gasteiger partial charge in [-0.25, -0.2) is 12.7 Å². The number of rotatable bonds is 6. The molecule has 8 heteroatoms. The number of nitrogens with one attached hydrogen (secondary N) is 2. The minimum absolute atomic E-state index is 0.254. The van der Waals surface area contributed by atoms with Gasteiger partial charge in [0.15, 0.2) is 5.11 Å². The van der Waals surface area contributed by atoms with E-state index in [1.807, 2.05) is 27.9 Å². The monoisotopic (exact) mass is 358 g/mol. The number of hydrogen-bond donors (Lipinski definition) is 2. The molecule has 0 atom stereocenters. The summed E-state index contributed by atoms with van der Waals surface area (Å²) in [5.41, 5.74) is 2.57. The highest BCUT2D eigenvalue weighted by molar-refractivity contribution is 7.89. The van der Waals surface area contributed by atoms with Gasteiger partial charge in [0.25, 0.3) is 0 Å². The molecule has 0 spiro atoms. The Balaban J connectivity index is 2.99. The Morgan fingerprint density at radius 1 is 1.17 bits per heavy atom. The lowest BCUT2D eigenvalue weighted by atomic mass is 10.1. The smallest absolute Gasteiger partial charge is 0.242 e. The van der Waals surface area contributed by atoms with Crippen LogP contribution in [-0.2, 0) is 10.0 Å². The van der Waals surface area contributed by atoms with E-state index in [0.717, 1.165) is 17.7 Å². The molecule has 1 aromatic carbocycles. The van der Waals surface area contributed by atoms with Crippen LogP contribution in [-0.4, -0.2) is 64.0 Å². The normalized spacial score (nSPS) is 11.8. The van der Waals surface area contributed by atoms with Crippen molar-refractivity contribution in [1.82, 2.24) is 14.5 Å². The lowest BCUT2D eigenvalue weighted by molar-refractivity contribution is 0.413. The van der Waals surface area contributed by atoms with Gasteiger partial charge in [-0.05, 0) is 63.4 Å². The van der Waals surface area contributed by atoms with Crippen LogP contribution in [0.4, 0.5) is 5.69 Å². The Morgan fingerprint density at radius 2 is 1.78 bits per heavy atom. The van der Waals surface area contributed by atoms with Gasteiger partial charge in [0.1, 0.15) is 0 Å². The van der Waals surface area contributed by atoms with Crippen molar-refractivity contribution in [3.8, 4) is 0 Å². The van der Waals surface area contributed by atoms with Crippen LogP contribution in [0.5, 0.6) is 0 Å². The van der Waals surface area contributed by atoms with E-state index in [4.69, 9.17) is 12.2 Å². The average Bonchev–Trinajstić information content (AvgIpc) is 2.42. The van der Waals surface area contributed by atoms with Crippen LogP contribution in [0.25, 0.3) is 0 Å². The molecule has 0 aliphatic heterocycles. The predicted octanol–water partition coefficient (Wildman–Crippen LogP) is 1.40. The van der Waals surface area contributed by atoms with Gasteiger partial charge in [-0.3, -0.25) is 0 Å². The molecular formula is C15H26N4O2S2. The summed E-state index contributed by atoms with van der Waals surface area (Å²) < 4.78 is 25.9. The minimum atomic E-state index is -3.48. The first-order valence-electron chi connectivity index (χ1n) is 7.29. The molecule has 1 aromatic rings. The van der Waals surface area contributed by atoms with Crippen LogP contribution in [0.1, 0.15) is 11.1 Å². The standard InChI is InChI=1S/C15H26N4O2S2/c1-11-9-13(23(20,21)19(5)6)10-14(12(11)2)17-15(22)16-7-8-18(3)4/h9-10H,7-8H2,1-6H3,(H2,16,17,22). The Bertz CT molecular complexity index is 670. The molecule has 130 valence electrons. The van der Waals surface area contributed by atoms with Crippen LogP contribution in [0, 0.1) is 13.8 Å².